The van der Waals surface area contributed by atoms with E-state index in [0.29, 0.717) is 31.3 Å². The van der Waals surface area contributed by atoms with Crippen molar-refractivity contribution in [3.63, 3.8) is 0 Å². The Morgan fingerprint density at radius 2 is 2.04 bits per heavy atom. The summed E-state index contributed by atoms with van der Waals surface area (Å²) in [5, 5.41) is 3.12. The van der Waals surface area contributed by atoms with Gasteiger partial charge in [0.1, 0.15) is 11.9 Å². The SMILES string of the molecule is O=C(NC1CCCCC1)C1CN(Cc2ccccc2F)CCO1. The lowest BCUT2D eigenvalue weighted by atomic mass is 9.95. The van der Waals surface area contributed by atoms with E-state index in [0.717, 1.165) is 19.4 Å². The Bertz CT molecular complexity index is 532. The molecule has 3 rings (SSSR count). The summed E-state index contributed by atoms with van der Waals surface area (Å²) in [7, 11) is 0. The molecular formula is C18H25FN2O2. The highest BCUT2D eigenvalue weighted by Gasteiger charge is 2.28. The van der Waals surface area contributed by atoms with Gasteiger partial charge < -0.3 is 10.1 Å². The van der Waals surface area contributed by atoms with E-state index in [4.69, 9.17) is 4.74 Å². The quantitative estimate of drug-likeness (QED) is 0.927. The molecule has 23 heavy (non-hydrogen) atoms. The maximum Gasteiger partial charge on any atom is 0.250 e. The van der Waals surface area contributed by atoms with Crippen LogP contribution in [-0.4, -0.2) is 42.6 Å². The first-order chi connectivity index (χ1) is 11.2. The number of ether oxygens (including phenoxy) is 1. The van der Waals surface area contributed by atoms with Gasteiger partial charge in [-0.25, -0.2) is 4.39 Å². The van der Waals surface area contributed by atoms with Crippen molar-refractivity contribution < 1.29 is 13.9 Å². The first-order valence-electron chi connectivity index (χ1n) is 8.60. The normalized spacial score (nSPS) is 23.6. The number of hydrogen-bond donors (Lipinski definition) is 1. The minimum atomic E-state index is -0.447. The summed E-state index contributed by atoms with van der Waals surface area (Å²) in [5.74, 6) is -0.211. The zero-order valence-electron chi connectivity index (χ0n) is 13.5. The summed E-state index contributed by atoms with van der Waals surface area (Å²) in [6.45, 7) is 2.27. The molecule has 5 heteroatoms. The number of nitrogens with one attached hydrogen (secondary N) is 1. The summed E-state index contributed by atoms with van der Waals surface area (Å²) < 4.78 is 19.4. The van der Waals surface area contributed by atoms with E-state index in [9.17, 15) is 9.18 Å². The number of nitrogens with zero attached hydrogens (tertiary/aromatic N) is 1. The minimum absolute atomic E-state index is 0.0184. The monoisotopic (exact) mass is 320 g/mol. The van der Waals surface area contributed by atoms with Crippen LogP contribution in [0.5, 0.6) is 0 Å². The topological polar surface area (TPSA) is 41.6 Å². The lowest BCUT2D eigenvalue weighted by Crippen LogP contribution is -2.51. The number of morpholine rings is 1. The summed E-state index contributed by atoms with van der Waals surface area (Å²) in [6.07, 6.45) is 5.33. The Morgan fingerprint density at radius 3 is 2.83 bits per heavy atom. The van der Waals surface area contributed by atoms with Gasteiger partial charge in [-0.15, -0.1) is 0 Å². The minimum Gasteiger partial charge on any atom is -0.366 e. The number of carbonyl (C=O) groups excluding carboxylic acids is 1. The van der Waals surface area contributed by atoms with Crippen LogP contribution in [0, 0.1) is 5.82 Å². The Balaban J connectivity index is 1.53. The van der Waals surface area contributed by atoms with Gasteiger partial charge in [0.2, 0.25) is 0 Å². The van der Waals surface area contributed by atoms with E-state index in [-0.39, 0.29) is 11.7 Å². The lowest BCUT2D eigenvalue weighted by Gasteiger charge is -2.33. The average molecular weight is 320 g/mol. The molecule has 0 bridgehead atoms. The zero-order valence-corrected chi connectivity index (χ0v) is 13.5. The third-order valence-corrected chi connectivity index (χ3v) is 4.75. The number of amides is 1. The first-order valence-corrected chi connectivity index (χ1v) is 8.60. The molecule has 2 aliphatic rings. The average Bonchev–Trinajstić information content (AvgIpc) is 2.58. The molecule has 1 amide bonds. The van der Waals surface area contributed by atoms with Crippen molar-refractivity contribution in [2.45, 2.75) is 50.8 Å². The number of halogens is 1. The molecule has 1 atom stereocenters. The molecule has 0 radical (unpaired) electrons. The van der Waals surface area contributed by atoms with Crippen LogP contribution in [0.25, 0.3) is 0 Å². The van der Waals surface area contributed by atoms with Crippen molar-refractivity contribution in [1.82, 2.24) is 10.2 Å². The molecule has 0 aromatic heterocycles. The summed E-state index contributed by atoms with van der Waals surface area (Å²) >= 11 is 0. The largest absolute Gasteiger partial charge is 0.366 e. The van der Waals surface area contributed by atoms with Gasteiger partial charge in [-0.05, 0) is 18.9 Å². The van der Waals surface area contributed by atoms with Crippen LogP contribution in [0.1, 0.15) is 37.7 Å². The van der Waals surface area contributed by atoms with Crippen LogP contribution in [0.4, 0.5) is 4.39 Å². The molecular weight excluding hydrogens is 295 g/mol. The van der Waals surface area contributed by atoms with Crippen molar-refractivity contribution in [1.29, 1.82) is 0 Å². The van der Waals surface area contributed by atoms with Crippen LogP contribution < -0.4 is 5.32 Å². The Labute approximate surface area is 137 Å². The number of benzene rings is 1. The third-order valence-electron chi connectivity index (χ3n) is 4.75. The second-order valence-electron chi connectivity index (χ2n) is 6.53. The molecule has 1 saturated heterocycles. The molecule has 1 N–H and O–H groups in total. The van der Waals surface area contributed by atoms with Gasteiger partial charge in [0.25, 0.3) is 5.91 Å². The van der Waals surface area contributed by atoms with Crippen molar-refractivity contribution >= 4 is 5.91 Å². The molecule has 1 saturated carbocycles. The van der Waals surface area contributed by atoms with E-state index in [1.807, 2.05) is 6.07 Å². The molecule has 1 aliphatic carbocycles. The second kappa shape index (κ2) is 7.88. The van der Waals surface area contributed by atoms with Crippen molar-refractivity contribution in [3.8, 4) is 0 Å². The molecule has 0 spiro atoms. The van der Waals surface area contributed by atoms with E-state index >= 15 is 0 Å². The van der Waals surface area contributed by atoms with Gasteiger partial charge in [-0.3, -0.25) is 9.69 Å². The van der Waals surface area contributed by atoms with Gasteiger partial charge in [0.05, 0.1) is 6.61 Å². The summed E-state index contributed by atoms with van der Waals surface area (Å²) in [4.78, 5) is 14.5. The smallest absolute Gasteiger partial charge is 0.250 e. The molecule has 1 aromatic carbocycles. The lowest BCUT2D eigenvalue weighted by molar-refractivity contribution is -0.139. The van der Waals surface area contributed by atoms with Crippen molar-refractivity contribution in [2.24, 2.45) is 0 Å². The highest BCUT2D eigenvalue weighted by molar-refractivity contribution is 5.81. The predicted molar refractivity (Wildman–Crippen MR) is 86.4 cm³/mol. The Morgan fingerprint density at radius 1 is 1.26 bits per heavy atom. The second-order valence-corrected chi connectivity index (χ2v) is 6.53. The van der Waals surface area contributed by atoms with E-state index in [1.165, 1.54) is 25.3 Å². The van der Waals surface area contributed by atoms with Crippen molar-refractivity contribution in [3.05, 3.63) is 35.6 Å². The van der Waals surface area contributed by atoms with Crippen LogP contribution >= 0.6 is 0 Å². The standard InChI is InChI=1S/C18H25FN2O2/c19-16-9-5-4-6-14(16)12-21-10-11-23-17(13-21)18(22)20-15-7-2-1-3-8-15/h4-6,9,15,17H,1-3,7-8,10-13H2,(H,20,22). The third kappa shape index (κ3) is 4.52. The molecule has 1 aromatic rings. The fourth-order valence-electron chi connectivity index (χ4n) is 3.41. The van der Waals surface area contributed by atoms with Crippen molar-refractivity contribution in [2.75, 3.05) is 19.7 Å². The van der Waals surface area contributed by atoms with Gasteiger partial charge >= 0.3 is 0 Å². The van der Waals surface area contributed by atoms with Crippen LogP contribution in [-0.2, 0) is 16.1 Å². The fourth-order valence-corrected chi connectivity index (χ4v) is 3.41. The molecule has 4 nitrogen and oxygen atoms in total. The zero-order chi connectivity index (χ0) is 16.1. The highest BCUT2D eigenvalue weighted by Crippen LogP contribution is 2.18. The summed E-state index contributed by atoms with van der Waals surface area (Å²) in [5.41, 5.74) is 0.667. The first kappa shape index (κ1) is 16.4. The highest BCUT2D eigenvalue weighted by atomic mass is 19.1. The maximum absolute atomic E-state index is 13.8. The van der Waals surface area contributed by atoms with E-state index in [2.05, 4.69) is 10.2 Å². The van der Waals surface area contributed by atoms with Gasteiger partial charge in [-0.2, -0.15) is 0 Å². The molecule has 1 heterocycles. The number of rotatable bonds is 4. The molecule has 1 aliphatic heterocycles. The number of hydrogen-bond acceptors (Lipinski definition) is 3. The van der Waals surface area contributed by atoms with Crippen LogP contribution in [0.15, 0.2) is 24.3 Å². The van der Waals surface area contributed by atoms with Gasteiger partial charge in [-0.1, -0.05) is 37.5 Å². The Hall–Kier alpha value is -1.46. The van der Waals surface area contributed by atoms with Crippen LogP contribution in [0.2, 0.25) is 0 Å². The van der Waals surface area contributed by atoms with Gasteiger partial charge in [0.15, 0.2) is 0 Å². The predicted octanol–water partition coefficient (Wildman–Crippen LogP) is 2.48. The Kier molecular flexibility index (Phi) is 5.62. The molecule has 126 valence electrons. The van der Waals surface area contributed by atoms with E-state index < -0.39 is 6.10 Å². The number of carbonyl (C=O) groups is 1. The molecule has 2 fully saturated rings. The van der Waals surface area contributed by atoms with Crippen LogP contribution in [0.3, 0.4) is 0 Å². The molecule has 1 unspecified atom stereocenters. The van der Waals surface area contributed by atoms with Gasteiger partial charge in [0, 0.05) is 31.2 Å². The van der Waals surface area contributed by atoms with E-state index in [1.54, 1.807) is 12.1 Å². The fraction of sp³-hybridized carbons (Fsp3) is 0.611. The maximum atomic E-state index is 13.8. The summed E-state index contributed by atoms with van der Waals surface area (Å²) in [6, 6.07) is 7.09.